The maximum atomic E-state index is 11.7. The molecule has 1 rings (SSSR count). The van der Waals surface area contributed by atoms with Crippen LogP contribution in [0.4, 0.5) is 0 Å². The minimum atomic E-state index is -0.296. The molecule has 0 aliphatic heterocycles. The summed E-state index contributed by atoms with van der Waals surface area (Å²) < 4.78 is 10.6. The predicted molar refractivity (Wildman–Crippen MR) is 75.4 cm³/mol. The molecule has 0 saturated carbocycles. The van der Waals surface area contributed by atoms with Gasteiger partial charge in [-0.1, -0.05) is 24.6 Å². The van der Waals surface area contributed by atoms with Gasteiger partial charge in [0.05, 0.1) is 13.2 Å². The first-order valence-corrected chi connectivity index (χ1v) is 6.76. The predicted octanol–water partition coefficient (Wildman–Crippen LogP) is 2.31. The molecule has 4 nitrogen and oxygen atoms in total. The molecule has 1 aromatic carbocycles. The number of benzene rings is 1. The van der Waals surface area contributed by atoms with Crippen LogP contribution in [0.3, 0.4) is 0 Å². The second kappa shape index (κ2) is 8.53. The highest BCUT2D eigenvalue weighted by molar-refractivity contribution is 5.75. The molecule has 0 bridgehead atoms. The van der Waals surface area contributed by atoms with Gasteiger partial charge in [0.2, 0.25) is 0 Å². The number of esters is 1. The van der Waals surface area contributed by atoms with Crippen LogP contribution in [0.15, 0.2) is 24.3 Å². The number of rotatable bonds is 8. The van der Waals surface area contributed by atoms with E-state index < -0.39 is 0 Å². The summed E-state index contributed by atoms with van der Waals surface area (Å²) >= 11 is 0. The van der Waals surface area contributed by atoms with E-state index in [1.807, 2.05) is 45.0 Å². The first-order valence-electron chi connectivity index (χ1n) is 6.76. The molecule has 0 aromatic heterocycles. The van der Waals surface area contributed by atoms with E-state index in [2.05, 4.69) is 5.32 Å². The van der Waals surface area contributed by atoms with Crippen molar-refractivity contribution in [2.24, 2.45) is 0 Å². The normalized spacial score (nSPS) is 11.9. The molecule has 0 spiro atoms. The zero-order valence-corrected chi connectivity index (χ0v) is 11.9. The summed E-state index contributed by atoms with van der Waals surface area (Å²) in [5, 5.41) is 3.11. The molecule has 0 radical (unpaired) electrons. The van der Waals surface area contributed by atoms with Gasteiger partial charge in [0.25, 0.3) is 0 Å². The van der Waals surface area contributed by atoms with E-state index in [1.54, 1.807) is 0 Å². The lowest BCUT2D eigenvalue weighted by molar-refractivity contribution is -0.146. The minimum Gasteiger partial charge on any atom is -0.494 e. The molecule has 1 atom stereocenters. The number of hydrogen-bond acceptors (Lipinski definition) is 4. The Bertz CT molecular complexity index is 375. The summed E-state index contributed by atoms with van der Waals surface area (Å²) in [7, 11) is 0. The average molecular weight is 265 g/mol. The molecule has 4 heteroatoms. The van der Waals surface area contributed by atoms with Crippen LogP contribution in [-0.4, -0.2) is 31.8 Å². The summed E-state index contributed by atoms with van der Waals surface area (Å²) in [6.45, 7) is 7.43. The van der Waals surface area contributed by atoms with Gasteiger partial charge in [0.15, 0.2) is 0 Å². The van der Waals surface area contributed by atoms with E-state index >= 15 is 0 Å². The fraction of sp³-hybridized carbons (Fsp3) is 0.533. The summed E-state index contributed by atoms with van der Waals surface area (Å²) in [6, 6.07) is 7.57. The molecule has 0 amide bonds. The number of nitrogens with one attached hydrogen (secondary N) is 1. The maximum Gasteiger partial charge on any atom is 0.323 e. The van der Waals surface area contributed by atoms with Gasteiger partial charge in [0, 0.05) is 6.42 Å². The van der Waals surface area contributed by atoms with Gasteiger partial charge in [-0.2, -0.15) is 0 Å². The molecule has 1 N–H and O–H groups in total. The molecular formula is C15H23NO3. The second-order valence-electron chi connectivity index (χ2n) is 4.31. The Morgan fingerprint density at radius 3 is 2.53 bits per heavy atom. The van der Waals surface area contributed by atoms with Crippen LogP contribution in [0, 0.1) is 6.92 Å². The fourth-order valence-electron chi connectivity index (χ4n) is 1.72. The van der Waals surface area contributed by atoms with Gasteiger partial charge >= 0.3 is 5.97 Å². The van der Waals surface area contributed by atoms with Crippen molar-refractivity contribution in [3.8, 4) is 5.75 Å². The lowest BCUT2D eigenvalue weighted by Gasteiger charge is -2.16. The van der Waals surface area contributed by atoms with Crippen molar-refractivity contribution in [3.63, 3.8) is 0 Å². The van der Waals surface area contributed by atoms with Crippen molar-refractivity contribution in [3.05, 3.63) is 29.8 Å². The van der Waals surface area contributed by atoms with Gasteiger partial charge in [-0.3, -0.25) is 4.79 Å². The number of carbonyl (C=O) groups is 1. The third-order valence-electron chi connectivity index (χ3n) is 2.72. The van der Waals surface area contributed by atoms with Gasteiger partial charge in [-0.25, -0.2) is 0 Å². The Morgan fingerprint density at radius 1 is 1.26 bits per heavy atom. The first kappa shape index (κ1) is 15.5. The highest BCUT2D eigenvalue weighted by Gasteiger charge is 2.18. The Kier molecular flexibility index (Phi) is 6.97. The number of hydrogen-bond donors (Lipinski definition) is 1. The third kappa shape index (κ3) is 5.75. The number of aryl methyl sites for hydroxylation is 1. The molecule has 0 aliphatic rings. The van der Waals surface area contributed by atoms with Crippen LogP contribution in [-0.2, 0) is 9.53 Å². The molecule has 1 unspecified atom stereocenters. The summed E-state index contributed by atoms with van der Waals surface area (Å²) in [4.78, 5) is 11.7. The van der Waals surface area contributed by atoms with Crippen molar-refractivity contribution in [1.29, 1.82) is 0 Å². The number of carbonyl (C=O) groups excluding carboxylic acids is 1. The molecule has 106 valence electrons. The molecule has 0 fully saturated rings. The van der Waals surface area contributed by atoms with Crippen molar-refractivity contribution < 1.29 is 14.3 Å². The molecule has 0 saturated heterocycles. The highest BCUT2D eigenvalue weighted by atomic mass is 16.5. The lowest BCUT2D eigenvalue weighted by Crippen LogP contribution is -2.39. The van der Waals surface area contributed by atoms with Crippen LogP contribution in [0.2, 0.25) is 0 Å². The first-order chi connectivity index (χ1) is 9.17. The quantitative estimate of drug-likeness (QED) is 0.733. The Hall–Kier alpha value is -1.55. The monoisotopic (exact) mass is 265 g/mol. The molecule has 19 heavy (non-hydrogen) atoms. The Labute approximate surface area is 115 Å². The summed E-state index contributed by atoms with van der Waals surface area (Å²) in [5.74, 6) is 0.613. The van der Waals surface area contributed by atoms with Crippen LogP contribution in [0.1, 0.15) is 25.8 Å². The van der Waals surface area contributed by atoms with E-state index in [-0.39, 0.29) is 12.0 Å². The maximum absolute atomic E-state index is 11.7. The van der Waals surface area contributed by atoms with Crippen molar-refractivity contribution in [2.45, 2.75) is 33.2 Å². The molecule has 1 aromatic rings. The highest BCUT2D eigenvalue weighted by Crippen LogP contribution is 2.12. The standard InChI is InChI=1S/C15H23NO3/c1-4-16-14(15(17)18-5-2)10-11-19-13-8-6-12(3)7-9-13/h6-9,14,16H,4-5,10-11H2,1-3H3. The van der Waals surface area contributed by atoms with Crippen molar-refractivity contribution in [1.82, 2.24) is 5.32 Å². The minimum absolute atomic E-state index is 0.211. The van der Waals surface area contributed by atoms with Gasteiger partial charge in [0.1, 0.15) is 11.8 Å². The lowest BCUT2D eigenvalue weighted by atomic mass is 10.2. The molecule has 0 heterocycles. The van der Waals surface area contributed by atoms with E-state index in [1.165, 1.54) is 5.56 Å². The van der Waals surface area contributed by atoms with Gasteiger partial charge < -0.3 is 14.8 Å². The second-order valence-corrected chi connectivity index (χ2v) is 4.31. The smallest absolute Gasteiger partial charge is 0.323 e. The number of likely N-dealkylation sites (N-methyl/N-ethyl adjacent to an activating group) is 1. The SMILES string of the molecule is CCNC(CCOc1ccc(C)cc1)C(=O)OCC. The van der Waals surface area contributed by atoms with Crippen LogP contribution in [0.5, 0.6) is 5.75 Å². The van der Waals surface area contributed by atoms with Crippen LogP contribution >= 0.6 is 0 Å². The van der Waals surface area contributed by atoms with Crippen LogP contribution in [0.25, 0.3) is 0 Å². The van der Waals surface area contributed by atoms with E-state index in [9.17, 15) is 4.79 Å². The molecule has 0 aliphatic carbocycles. The topological polar surface area (TPSA) is 47.6 Å². The summed E-state index contributed by atoms with van der Waals surface area (Å²) in [5.41, 5.74) is 1.20. The van der Waals surface area contributed by atoms with E-state index in [0.29, 0.717) is 19.6 Å². The van der Waals surface area contributed by atoms with Gasteiger partial charge in [-0.15, -0.1) is 0 Å². The zero-order valence-electron chi connectivity index (χ0n) is 11.9. The van der Waals surface area contributed by atoms with Crippen molar-refractivity contribution in [2.75, 3.05) is 19.8 Å². The van der Waals surface area contributed by atoms with E-state index in [0.717, 1.165) is 12.3 Å². The number of ether oxygens (including phenoxy) is 2. The third-order valence-corrected chi connectivity index (χ3v) is 2.72. The van der Waals surface area contributed by atoms with E-state index in [4.69, 9.17) is 9.47 Å². The van der Waals surface area contributed by atoms with Crippen molar-refractivity contribution >= 4 is 5.97 Å². The Balaban J connectivity index is 2.39. The largest absolute Gasteiger partial charge is 0.494 e. The summed E-state index contributed by atoms with van der Waals surface area (Å²) in [6.07, 6.45) is 0.598. The fourth-order valence-corrected chi connectivity index (χ4v) is 1.72. The average Bonchev–Trinajstić information content (AvgIpc) is 2.40. The molecular weight excluding hydrogens is 242 g/mol. The van der Waals surface area contributed by atoms with Gasteiger partial charge in [-0.05, 0) is 32.5 Å². The Morgan fingerprint density at radius 2 is 1.95 bits per heavy atom. The van der Waals surface area contributed by atoms with Crippen LogP contribution < -0.4 is 10.1 Å². The zero-order chi connectivity index (χ0) is 14.1.